The number of hydrogen-bond donors (Lipinski definition) is 1. The molecule has 160 valence electrons. The fraction of sp³-hybridized carbons (Fsp3) is 0.435. The molecule has 1 aromatic carbocycles. The van der Waals surface area contributed by atoms with E-state index in [1.807, 2.05) is 6.07 Å². The zero-order valence-electron chi connectivity index (χ0n) is 17.5. The lowest BCUT2D eigenvalue weighted by Gasteiger charge is -2.27. The van der Waals surface area contributed by atoms with Crippen LogP contribution in [0.25, 0.3) is 0 Å². The second-order valence-electron chi connectivity index (χ2n) is 7.60. The van der Waals surface area contributed by atoms with Gasteiger partial charge in [0.15, 0.2) is 0 Å². The summed E-state index contributed by atoms with van der Waals surface area (Å²) < 4.78 is 12.6. The number of halogens is 1. The summed E-state index contributed by atoms with van der Waals surface area (Å²) in [7, 11) is 0. The third kappa shape index (κ3) is 6.05. The summed E-state index contributed by atoms with van der Waals surface area (Å²) in [5, 5.41) is 1.82. The van der Waals surface area contributed by atoms with Gasteiger partial charge in [-0.05, 0) is 62.3 Å². The van der Waals surface area contributed by atoms with Crippen molar-refractivity contribution in [2.45, 2.75) is 51.2 Å². The number of rotatable bonds is 4. The monoisotopic (exact) mass is 429 g/mol. The number of thioether (sulfide) groups is 1. The third-order valence-corrected chi connectivity index (χ3v) is 6.29. The van der Waals surface area contributed by atoms with Crippen molar-refractivity contribution in [2.75, 3.05) is 18.0 Å². The predicted molar refractivity (Wildman–Crippen MR) is 119 cm³/mol. The van der Waals surface area contributed by atoms with E-state index in [4.69, 9.17) is 0 Å². The minimum absolute atomic E-state index is 0.164. The Hall–Kier alpha value is -2.41. The van der Waals surface area contributed by atoms with Crippen molar-refractivity contribution < 1.29 is 14.0 Å². The highest BCUT2D eigenvalue weighted by Crippen LogP contribution is 2.25. The zero-order valence-corrected chi connectivity index (χ0v) is 18.3. The molecule has 1 N–H and O–H groups in total. The molecule has 3 heterocycles. The lowest BCUT2D eigenvalue weighted by molar-refractivity contribution is -0.118. The summed E-state index contributed by atoms with van der Waals surface area (Å²) in [4.78, 5) is 28.9. The molecule has 0 bridgehead atoms. The molecule has 1 atom stereocenters. The molecule has 5 nitrogen and oxygen atoms in total. The van der Waals surface area contributed by atoms with E-state index in [1.54, 1.807) is 6.07 Å². The van der Waals surface area contributed by atoms with Gasteiger partial charge in [-0.1, -0.05) is 42.4 Å². The van der Waals surface area contributed by atoms with E-state index in [1.165, 1.54) is 48.2 Å². The van der Waals surface area contributed by atoms with Crippen LogP contribution in [0.3, 0.4) is 0 Å². The van der Waals surface area contributed by atoms with Gasteiger partial charge >= 0.3 is 0 Å². The van der Waals surface area contributed by atoms with Crippen LogP contribution in [0.4, 0.5) is 15.0 Å². The number of anilines is 1. The molecule has 7 heteroatoms. The van der Waals surface area contributed by atoms with Crippen LogP contribution in [0.1, 0.15) is 42.9 Å². The molecular weight excluding hydrogens is 401 g/mol. The standard InChI is InChI=1S/C13H15NO2S.C10H13FN2/c1-3-9-6-8(2)4-5-10(9)7-11-12(15)14-13(16)17-11;11-9-4-5-10(12-8-9)13-6-2-1-3-7-13/h4-6,11H,3,7H2,1-2H3,(H,14,15,16);4-5,8H,1-3,6-7H2. The second-order valence-corrected chi connectivity index (χ2v) is 8.77. The first-order valence-electron chi connectivity index (χ1n) is 10.4. The molecule has 0 saturated carbocycles. The van der Waals surface area contributed by atoms with Crippen LogP contribution in [-0.2, 0) is 17.6 Å². The topological polar surface area (TPSA) is 62.3 Å². The lowest BCUT2D eigenvalue weighted by atomic mass is 9.98. The molecule has 0 radical (unpaired) electrons. The molecule has 2 aliphatic heterocycles. The third-order valence-electron chi connectivity index (χ3n) is 5.31. The average Bonchev–Trinajstić information content (AvgIpc) is 3.07. The minimum Gasteiger partial charge on any atom is -0.357 e. The number of benzene rings is 1. The van der Waals surface area contributed by atoms with Gasteiger partial charge in [-0.15, -0.1) is 0 Å². The van der Waals surface area contributed by atoms with Crippen LogP contribution >= 0.6 is 11.8 Å². The van der Waals surface area contributed by atoms with Gasteiger partial charge in [-0.2, -0.15) is 0 Å². The number of imide groups is 1. The van der Waals surface area contributed by atoms with E-state index >= 15 is 0 Å². The molecule has 0 spiro atoms. The summed E-state index contributed by atoms with van der Waals surface area (Å²) in [6, 6.07) is 9.48. The molecule has 0 aliphatic carbocycles. The number of carbonyl (C=O) groups is 2. The maximum absolute atomic E-state index is 12.6. The fourth-order valence-corrected chi connectivity index (χ4v) is 4.54. The van der Waals surface area contributed by atoms with E-state index in [0.29, 0.717) is 6.42 Å². The minimum atomic E-state index is -0.268. The Kier molecular flexibility index (Phi) is 7.85. The number of amides is 2. The SMILES string of the molecule is CCc1cc(C)ccc1CC1SC(=O)NC1=O.Fc1ccc(N2CCCCC2)nc1. The Morgan fingerprint density at radius 3 is 2.50 bits per heavy atom. The van der Waals surface area contributed by atoms with Crippen LogP contribution in [0.2, 0.25) is 0 Å². The Balaban J connectivity index is 0.000000177. The largest absolute Gasteiger partial charge is 0.357 e. The van der Waals surface area contributed by atoms with Crippen molar-refractivity contribution in [1.29, 1.82) is 0 Å². The summed E-state index contributed by atoms with van der Waals surface area (Å²) >= 11 is 1.09. The van der Waals surface area contributed by atoms with E-state index in [0.717, 1.165) is 37.1 Å². The first-order chi connectivity index (χ1) is 14.5. The molecule has 2 amide bonds. The van der Waals surface area contributed by atoms with Crippen LogP contribution in [0.5, 0.6) is 0 Å². The number of hydrogen-bond acceptors (Lipinski definition) is 5. The fourth-order valence-electron chi connectivity index (χ4n) is 3.69. The molecule has 2 saturated heterocycles. The highest BCUT2D eigenvalue weighted by atomic mass is 32.2. The smallest absolute Gasteiger partial charge is 0.286 e. The number of piperidine rings is 1. The Labute approximate surface area is 181 Å². The molecule has 4 rings (SSSR count). The Bertz CT molecular complexity index is 883. The van der Waals surface area contributed by atoms with Crippen molar-refractivity contribution in [3.8, 4) is 0 Å². The summed E-state index contributed by atoms with van der Waals surface area (Å²) in [6.07, 6.45) is 6.61. The van der Waals surface area contributed by atoms with Gasteiger partial charge in [-0.3, -0.25) is 14.9 Å². The van der Waals surface area contributed by atoms with Crippen LogP contribution < -0.4 is 10.2 Å². The van der Waals surface area contributed by atoms with E-state index in [9.17, 15) is 14.0 Å². The maximum Gasteiger partial charge on any atom is 0.286 e. The molecule has 2 aliphatic rings. The van der Waals surface area contributed by atoms with E-state index in [-0.39, 0.29) is 22.2 Å². The number of pyridine rings is 1. The van der Waals surface area contributed by atoms with Gasteiger partial charge in [-0.25, -0.2) is 9.37 Å². The van der Waals surface area contributed by atoms with E-state index < -0.39 is 0 Å². The van der Waals surface area contributed by atoms with Gasteiger partial charge in [0, 0.05) is 13.1 Å². The first-order valence-corrected chi connectivity index (χ1v) is 11.3. The normalized spacial score (nSPS) is 18.6. The van der Waals surface area contributed by atoms with Gasteiger partial charge in [0.25, 0.3) is 5.24 Å². The Morgan fingerprint density at radius 1 is 1.13 bits per heavy atom. The van der Waals surface area contributed by atoms with Gasteiger partial charge in [0.05, 0.1) is 11.4 Å². The molecule has 1 aromatic heterocycles. The molecular formula is C23H28FN3O2S. The van der Waals surface area contributed by atoms with Crippen LogP contribution in [0.15, 0.2) is 36.5 Å². The number of aryl methyl sites for hydroxylation is 2. The average molecular weight is 430 g/mol. The summed E-state index contributed by atoms with van der Waals surface area (Å²) in [5.41, 5.74) is 3.66. The van der Waals surface area contributed by atoms with Crippen molar-refractivity contribution in [1.82, 2.24) is 10.3 Å². The molecule has 1 unspecified atom stereocenters. The van der Waals surface area contributed by atoms with Gasteiger partial charge < -0.3 is 4.90 Å². The summed E-state index contributed by atoms with van der Waals surface area (Å²) in [5.74, 6) is 0.476. The van der Waals surface area contributed by atoms with Crippen LogP contribution in [-0.4, -0.2) is 34.5 Å². The number of nitrogens with zero attached hydrogens (tertiary/aromatic N) is 2. The molecule has 2 fully saturated rings. The van der Waals surface area contributed by atoms with Gasteiger partial charge in [0.1, 0.15) is 11.6 Å². The van der Waals surface area contributed by atoms with Gasteiger partial charge in [0.2, 0.25) is 5.91 Å². The first kappa shape index (κ1) is 22.3. The highest BCUT2D eigenvalue weighted by Gasteiger charge is 2.31. The van der Waals surface area contributed by atoms with Crippen molar-refractivity contribution in [2.24, 2.45) is 0 Å². The second kappa shape index (κ2) is 10.6. The van der Waals surface area contributed by atoms with Crippen molar-refractivity contribution >= 4 is 28.7 Å². The van der Waals surface area contributed by atoms with Crippen molar-refractivity contribution in [3.63, 3.8) is 0 Å². The quantitative estimate of drug-likeness (QED) is 0.766. The number of nitrogens with one attached hydrogen (secondary N) is 1. The Morgan fingerprint density at radius 2 is 1.90 bits per heavy atom. The zero-order chi connectivity index (χ0) is 21.5. The molecule has 30 heavy (non-hydrogen) atoms. The predicted octanol–water partition coefficient (Wildman–Crippen LogP) is 4.66. The highest BCUT2D eigenvalue weighted by molar-refractivity contribution is 8.15. The number of aromatic nitrogens is 1. The van der Waals surface area contributed by atoms with Crippen molar-refractivity contribution in [3.05, 3.63) is 59.0 Å². The summed E-state index contributed by atoms with van der Waals surface area (Å²) in [6.45, 7) is 6.27. The number of carbonyl (C=O) groups excluding carboxylic acids is 2. The van der Waals surface area contributed by atoms with E-state index in [2.05, 4.69) is 41.2 Å². The lowest BCUT2D eigenvalue weighted by Crippen LogP contribution is -2.30. The van der Waals surface area contributed by atoms with Crippen LogP contribution in [0, 0.1) is 12.7 Å². The molecule has 2 aromatic rings. The maximum atomic E-state index is 12.6.